The molecule has 9 heteroatoms. The van der Waals surface area contributed by atoms with Gasteiger partial charge in [0.2, 0.25) is 5.91 Å². The van der Waals surface area contributed by atoms with Gasteiger partial charge in [-0.15, -0.1) is 0 Å². The second kappa shape index (κ2) is 50.4. The molecule has 1 amide bonds. The fraction of sp³-hybridized carbons (Fsp3) is 0.983. The lowest BCUT2D eigenvalue weighted by Gasteiger charge is -2.30. The summed E-state index contributed by atoms with van der Waals surface area (Å²) in [5, 5.41) is 14.0. The normalized spacial score (nSPS) is 13.8. The van der Waals surface area contributed by atoms with Crippen LogP contribution in [0.1, 0.15) is 316 Å². The highest BCUT2D eigenvalue weighted by Gasteiger charge is 2.24. The van der Waals surface area contributed by atoms with Crippen LogP contribution in [-0.4, -0.2) is 68.5 Å². The van der Waals surface area contributed by atoms with E-state index in [4.69, 9.17) is 9.05 Å². The molecule has 0 aromatic rings. The standard InChI is InChI=1S/C58H119N2O6P/c1-6-8-10-12-14-16-18-20-21-22-23-24-25-26-27-28-29-30-31-32-33-34-35-36-37-38-39-40-41-43-45-47-49-51-57(61)56(55-66-67(63,64)65-54-53-60(3,4)5)59-58(62)52-50-48-46-44-42-19-17-15-13-11-9-7-2/h56-57,61H,6-55H2,1-5H3,(H-,59,62,63,64). The second-order valence-corrected chi connectivity index (χ2v) is 23.5. The van der Waals surface area contributed by atoms with Crippen LogP contribution in [-0.2, 0) is 18.4 Å². The number of aliphatic hydroxyl groups excluding tert-OH is 1. The maximum Gasteiger partial charge on any atom is 0.268 e. The van der Waals surface area contributed by atoms with Gasteiger partial charge in [-0.1, -0.05) is 296 Å². The third-order valence-corrected chi connectivity index (χ3v) is 15.1. The SMILES string of the molecule is CCCCCCCCCCCCCCCCCCCCCCCCCCCCCCCCCCCC(O)C(COP(=O)([O-])OCC[N+](C)(C)C)NC(=O)CCCCCCCCCCCCCC. The molecule has 0 aliphatic carbocycles. The van der Waals surface area contributed by atoms with Crippen LogP contribution in [0.2, 0.25) is 0 Å². The number of carbonyl (C=O) groups excluding carboxylic acids is 1. The third kappa shape index (κ3) is 53.1. The molecule has 0 aliphatic heterocycles. The van der Waals surface area contributed by atoms with Gasteiger partial charge in [-0.2, -0.15) is 0 Å². The fourth-order valence-electron chi connectivity index (χ4n) is 9.40. The number of hydrogen-bond donors (Lipinski definition) is 2. The summed E-state index contributed by atoms with van der Waals surface area (Å²) < 4.78 is 23.4. The first-order valence-corrected chi connectivity index (χ1v) is 31.3. The molecule has 0 saturated heterocycles. The smallest absolute Gasteiger partial charge is 0.268 e. The molecule has 0 spiro atoms. The number of nitrogens with one attached hydrogen (secondary N) is 1. The Balaban J connectivity index is 3.92. The summed E-state index contributed by atoms with van der Waals surface area (Å²) in [6.45, 7) is 4.76. The molecule has 0 aromatic heterocycles. The molecule has 0 aliphatic rings. The van der Waals surface area contributed by atoms with Gasteiger partial charge in [-0.25, -0.2) is 0 Å². The summed E-state index contributed by atoms with van der Waals surface area (Å²) in [6, 6.07) is -0.794. The summed E-state index contributed by atoms with van der Waals surface area (Å²) in [5.41, 5.74) is 0. The molecule has 3 atom stereocenters. The van der Waals surface area contributed by atoms with Crippen LogP contribution in [0.4, 0.5) is 0 Å². The Bertz CT molecular complexity index is 1060. The zero-order valence-corrected chi connectivity index (χ0v) is 46.8. The van der Waals surface area contributed by atoms with E-state index in [-0.39, 0.29) is 19.1 Å². The van der Waals surface area contributed by atoms with Gasteiger partial charge < -0.3 is 28.8 Å². The van der Waals surface area contributed by atoms with Crippen LogP contribution in [0.3, 0.4) is 0 Å². The molecule has 0 rings (SSSR count). The van der Waals surface area contributed by atoms with E-state index in [1.54, 1.807) is 0 Å². The number of phosphoric acid groups is 1. The summed E-state index contributed by atoms with van der Waals surface area (Å²) in [7, 11) is 1.32. The molecule has 2 N–H and O–H groups in total. The Labute approximate surface area is 419 Å². The zero-order valence-electron chi connectivity index (χ0n) is 45.9. The van der Waals surface area contributed by atoms with Gasteiger partial charge in [0.25, 0.3) is 7.82 Å². The Morgan fingerprint density at radius 2 is 0.731 bits per heavy atom. The van der Waals surface area contributed by atoms with E-state index in [0.717, 1.165) is 38.5 Å². The van der Waals surface area contributed by atoms with Crippen LogP contribution in [0.5, 0.6) is 0 Å². The lowest BCUT2D eigenvalue weighted by atomic mass is 10.0. The van der Waals surface area contributed by atoms with Crippen molar-refractivity contribution in [2.45, 2.75) is 328 Å². The molecular weight excluding hydrogens is 852 g/mol. The van der Waals surface area contributed by atoms with Crippen molar-refractivity contribution in [3.63, 3.8) is 0 Å². The van der Waals surface area contributed by atoms with Crippen molar-refractivity contribution < 1.29 is 32.9 Å². The lowest BCUT2D eigenvalue weighted by molar-refractivity contribution is -0.870. The highest BCUT2D eigenvalue weighted by Crippen LogP contribution is 2.38. The largest absolute Gasteiger partial charge is 0.756 e. The quantitative estimate of drug-likeness (QED) is 0.0357. The van der Waals surface area contributed by atoms with E-state index in [1.807, 2.05) is 21.1 Å². The number of carbonyl (C=O) groups is 1. The van der Waals surface area contributed by atoms with Crippen molar-refractivity contribution in [2.75, 3.05) is 40.9 Å². The van der Waals surface area contributed by atoms with E-state index in [1.165, 1.54) is 250 Å². The van der Waals surface area contributed by atoms with E-state index in [9.17, 15) is 19.4 Å². The molecule has 402 valence electrons. The third-order valence-electron chi connectivity index (χ3n) is 14.1. The van der Waals surface area contributed by atoms with Crippen molar-refractivity contribution >= 4 is 13.7 Å². The summed E-state index contributed by atoms with van der Waals surface area (Å²) >= 11 is 0. The van der Waals surface area contributed by atoms with E-state index < -0.39 is 20.0 Å². The van der Waals surface area contributed by atoms with Crippen LogP contribution < -0.4 is 10.2 Å². The van der Waals surface area contributed by atoms with Crippen molar-refractivity contribution in [3.05, 3.63) is 0 Å². The minimum absolute atomic E-state index is 0.0164. The van der Waals surface area contributed by atoms with Gasteiger partial charge >= 0.3 is 0 Å². The molecule has 0 radical (unpaired) electrons. The zero-order chi connectivity index (χ0) is 49.2. The molecule has 0 fully saturated rings. The van der Waals surface area contributed by atoms with Crippen LogP contribution in [0.15, 0.2) is 0 Å². The maximum atomic E-state index is 12.9. The number of phosphoric ester groups is 1. The number of nitrogens with zero attached hydrogens (tertiary/aromatic N) is 1. The monoisotopic (exact) mass is 971 g/mol. The minimum Gasteiger partial charge on any atom is -0.756 e. The average Bonchev–Trinajstić information content (AvgIpc) is 3.29. The first kappa shape index (κ1) is 66.5. The molecule has 3 unspecified atom stereocenters. The molecule has 0 aromatic carbocycles. The van der Waals surface area contributed by atoms with Gasteiger partial charge in [0.15, 0.2) is 0 Å². The second-order valence-electron chi connectivity index (χ2n) is 22.1. The van der Waals surface area contributed by atoms with Gasteiger partial charge in [0, 0.05) is 6.42 Å². The van der Waals surface area contributed by atoms with Crippen molar-refractivity contribution in [2.24, 2.45) is 0 Å². The van der Waals surface area contributed by atoms with Crippen LogP contribution >= 0.6 is 7.82 Å². The highest BCUT2D eigenvalue weighted by atomic mass is 31.2. The summed E-state index contributed by atoms with van der Waals surface area (Å²) in [5.74, 6) is -0.160. The Morgan fingerprint density at radius 1 is 0.463 bits per heavy atom. The van der Waals surface area contributed by atoms with Gasteiger partial charge in [0.1, 0.15) is 13.2 Å². The summed E-state index contributed by atoms with van der Waals surface area (Å²) in [6.07, 6.45) is 60.2. The molecule has 0 saturated carbocycles. The predicted octanol–water partition coefficient (Wildman–Crippen LogP) is 17.4. The lowest BCUT2D eigenvalue weighted by Crippen LogP contribution is -2.46. The molecule has 0 heterocycles. The topological polar surface area (TPSA) is 108 Å². The van der Waals surface area contributed by atoms with E-state index >= 15 is 0 Å². The number of quaternary nitrogens is 1. The average molecular weight is 972 g/mol. The van der Waals surface area contributed by atoms with Crippen molar-refractivity contribution in [3.8, 4) is 0 Å². The highest BCUT2D eigenvalue weighted by molar-refractivity contribution is 7.45. The predicted molar refractivity (Wildman–Crippen MR) is 289 cm³/mol. The number of amides is 1. The Hall–Kier alpha value is -0.500. The van der Waals surface area contributed by atoms with E-state index in [2.05, 4.69) is 19.2 Å². The first-order chi connectivity index (χ1) is 32.5. The molecule has 8 nitrogen and oxygen atoms in total. The van der Waals surface area contributed by atoms with Crippen molar-refractivity contribution in [1.29, 1.82) is 0 Å². The van der Waals surface area contributed by atoms with E-state index in [0.29, 0.717) is 23.9 Å². The van der Waals surface area contributed by atoms with Crippen LogP contribution in [0, 0.1) is 0 Å². The van der Waals surface area contributed by atoms with Gasteiger partial charge in [0.05, 0.1) is 39.9 Å². The van der Waals surface area contributed by atoms with Gasteiger partial charge in [-0.3, -0.25) is 9.36 Å². The number of likely N-dealkylation sites (N-methyl/N-ethyl adjacent to an activating group) is 1. The number of rotatable bonds is 56. The number of unbranched alkanes of at least 4 members (excludes halogenated alkanes) is 43. The minimum atomic E-state index is -4.56. The fourth-order valence-corrected chi connectivity index (χ4v) is 10.1. The van der Waals surface area contributed by atoms with Crippen molar-refractivity contribution in [1.82, 2.24) is 5.32 Å². The number of aliphatic hydroxyl groups is 1. The Morgan fingerprint density at radius 3 is 1.01 bits per heavy atom. The number of hydrogen-bond acceptors (Lipinski definition) is 6. The molecule has 0 bridgehead atoms. The first-order valence-electron chi connectivity index (χ1n) is 29.9. The molecule has 67 heavy (non-hydrogen) atoms. The Kier molecular flexibility index (Phi) is 50.1. The summed E-state index contributed by atoms with van der Waals surface area (Å²) in [4.78, 5) is 25.4. The van der Waals surface area contributed by atoms with Crippen LogP contribution in [0.25, 0.3) is 0 Å². The molecular formula is C58H119N2O6P. The van der Waals surface area contributed by atoms with Gasteiger partial charge in [-0.05, 0) is 12.8 Å². The maximum absolute atomic E-state index is 12.9.